The van der Waals surface area contributed by atoms with Crippen LogP contribution < -0.4 is 0 Å². The second-order valence-electron chi connectivity index (χ2n) is 5.43. The molecular formula is C14H26S. The first kappa shape index (κ1) is 14.8. The summed E-state index contributed by atoms with van der Waals surface area (Å²) in [7, 11) is 0. The molecule has 0 heterocycles. The molecule has 0 unspecified atom stereocenters. The summed E-state index contributed by atoms with van der Waals surface area (Å²) in [5.74, 6) is 2.06. The van der Waals surface area contributed by atoms with Crippen LogP contribution in [0.4, 0.5) is 0 Å². The molecule has 0 spiro atoms. The molecule has 0 saturated heterocycles. The molecule has 0 amide bonds. The van der Waals surface area contributed by atoms with Crippen LogP contribution in [0.5, 0.6) is 0 Å². The Kier molecular flexibility index (Phi) is 7.08. The zero-order chi connectivity index (χ0) is 11.9. The molecule has 0 saturated carbocycles. The average Bonchev–Trinajstić information content (AvgIpc) is 2.08. The minimum Gasteiger partial charge on any atom is -0.134 e. The van der Waals surface area contributed by atoms with Crippen molar-refractivity contribution in [1.82, 2.24) is 0 Å². The normalized spacial score (nSPS) is 13.3. The van der Waals surface area contributed by atoms with Gasteiger partial charge in [0.1, 0.15) is 0 Å². The highest BCUT2D eigenvalue weighted by Crippen LogP contribution is 2.28. The topological polar surface area (TPSA) is 0 Å². The molecule has 0 rings (SSSR count). The first-order chi connectivity index (χ1) is 6.88. The fourth-order valence-corrected chi connectivity index (χ4v) is 2.34. The van der Waals surface area contributed by atoms with Crippen LogP contribution in [0, 0.1) is 11.3 Å². The van der Waals surface area contributed by atoms with E-state index in [2.05, 4.69) is 46.6 Å². The molecule has 0 N–H and O–H groups in total. The van der Waals surface area contributed by atoms with Crippen LogP contribution in [0.1, 0.15) is 47.5 Å². The van der Waals surface area contributed by atoms with E-state index < -0.39 is 0 Å². The van der Waals surface area contributed by atoms with E-state index in [1.54, 1.807) is 0 Å². The largest absolute Gasteiger partial charge is 0.134 e. The molecule has 0 aliphatic heterocycles. The second kappa shape index (κ2) is 7.16. The molecule has 15 heavy (non-hydrogen) atoms. The Morgan fingerprint density at radius 3 is 2.33 bits per heavy atom. The van der Waals surface area contributed by atoms with E-state index in [9.17, 15) is 0 Å². The SMILES string of the molecule is C=CC(=CSCCCC(C)C)C(C)(C)C. The minimum atomic E-state index is 0.229. The molecule has 1 heteroatoms. The first-order valence-electron chi connectivity index (χ1n) is 5.82. The van der Waals surface area contributed by atoms with Crippen LogP contribution in [-0.4, -0.2) is 5.75 Å². The van der Waals surface area contributed by atoms with E-state index in [-0.39, 0.29) is 5.41 Å². The Bertz CT molecular complexity index is 206. The van der Waals surface area contributed by atoms with E-state index in [1.165, 1.54) is 24.2 Å². The highest BCUT2D eigenvalue weighted by molar-refractivity contribution is 8.02. The van der Waals surface area contributed by atoms with Gasteiger partial charge in [0, 0.05) is 0 Å². The van der Waals surface area contributed by atoms with Gasteiger partial charge in [-0.25, -0.2) is 0 Å². The fraction of sp³-hybridized carbons (Fsp3) is 0.714. The summed E-state index contributed by atoms with van der Waals surface area (Å²) < 4.78 is 0. The predicted octanol–water partition coefficient (Wildman–Crippen LogP) is 5.27. The highest BCUT2D eigenvalue weighted by atomic mass is 32.2. The number of rotatable bonds is 6. The summed E-state index contributed by atoms with van der Waals surface area (Å²) in [5, 5.41) is 2.27. The van der Waals surface area contributed by atoms with Gasteiger partial charge in [0.2, 0.25) is 0 Å². The third-order valence-corrected chi connectivity index (χ3v) is 3.28. The number of thioether (sulfide) groups is 1. The lowest BCUT2D eigenvalue weighted by Gasteiger charge is -2.19. The van der Waals surface area contributed by atoms with Gasteiger partial charge in [-0.15, -0.1) is 11.8 Å². The van der Waals surface area contributed by atoms with Crippen molar-refractivity contribution in [3.63, 3.8) is 0 Å². The fourth-order valence-electron chi connectivity index (χ4n) is 1.25. The summed E-state index contributed by atoms with van der Waals surface area (Å²) in [6.45, 7) is 15.1. The Labute approximate surface area is 100 Å². The summed E-state index contributed by atoms with van der Waals surface area (Å²) in [6, 6.07) is 0. The van der Waals surface area contributed by atoms with Crippen molar-refractivity contribution in [2.45, 2.75) is 47.5 Å². The average molecular weight is 226 g/mol. The summed E-state index contributed by atoms with van der Waals surface area (Å²) >= 11 is 1.92. The lowest BCUT2D eigenvalue weighted by Crippen LogP contribution is -2.06. The summed E-state index contributed by atoms with van der Waals surface area (Å²) in [5.41, 5.74) is 1.57. The highest BCUT2D eigenvalue weighted by Gasteiger charge is 2.13. The van der Waals surface area contributed by atoms with Gasteiger partial charge in [-0.1, -0.05) is 53.7 Å². The Morgan fingerprint density at radius 2 is 1.93 bits per heavy atom. The van der Waals surface area contributed by atoms with Crippen LogP contribution in [0.25, 0.3) is 0 Å². The quantitative estimate of drug-likeness (QED) is 0.439. The first-order valence-corrected chi connectivity index (χ1v) is 6.87. The monoisotopic (exact) mass is 226 g/mol. The van der Waals surface area contributed by atoms with Crippen LogP contribution in [0.3, 0.4) is 0 Å². The zero-order valence-electron chi connectivity index (χ0n) is 11.0. The van der Waals surface area contributed by atoms with Gasteiger partial charge in [-0.3, -0.25) is 0 Å². The zero-order valence-corrected chi connectivity index (χ0v) is 11.8. The summed E-state index contributed by atoms with van der Waals surface area (Å²) in [6.07, 6.45) is 4.63. The molecule has 0 aromatic carbocycles. The van der Waals surface area contributed by atoms with Crippen molar-refractivity contribution in [2.24, 2.45) is 11.3 Å². The van der Waals surface area contributed by atoms with Crippen molar-refractivity contribution >= 4 is 11.8 Å². The molecule has 0 nitrogen and oxygen atoms in total. The molecule has 0 aromatic heterocycles. The Morgan fingerprint density at radius 1 is 1.33 bits per heavy atom. The molecule has 0 aromatic rings. The minimum absolute atomic E-state index is 0.229. The van der Waals surface area contributed by atoms with Crippen LogP contribution in [0.2, 0.25) is 0 Å². The maximum absolute atomic E-state index is 3.87. The standard InChI is InChI=1S/C14H26S/c1-7-13(14(4,5)6)11-15-10-8-9-12(2)3/h7,11-12H,1,8-10H2,2-6H3. The van der Waals surface area contributed by atoms with E-state index in [1.807, 2.05) is 17.8 Å². The van der Waals surface area contributed by atoms with Gasteiger partial charge in [0.05, 0.1) is 0 Å². The molecule has 0 radical (unpaired) electrons. The Balaban J connectivity index is 3.88. The summed E-state index contributed by atoms with van der Waals surface area (Å²) in [4.78, 5) is 0. The third kappa shape index (κ3) is 7.72. The molecule has 0 aliphatic carbocycles. The molecule has 0 bridgehead atoms. The van der Waals surface area contributed by atoms with Crippen LogP contribution in [0.15, 0.2) is 23.6 Å². The molecule has 0 fully saturated rings. The van der Waals surface area contributed by atoms with E-state index in [0.29, 0.717) is 0 Å². The maximum atomic E-state index is 3.87. The van der Waals surface area contributed by atoms with Gasteiger partial charge in [0.25, 0.3) is 0 Å². The van der Waals surface area contributed by atoms with Gasteiger partial charge < -0.3 is 0 Å². The number of hydrogen-bond donors (Lipinski definition) is 0. The van der Waals surface area contributed by atoms with Gasteiger partial charge >= 0.3 is 0 Å². The lowest BCUT2D eigenvalue weighted by molar-refractivity contribution is 0.518. The van der Waals surface area contributed by atoms with Gasteiger partial charge in [0.15, 0.2) is 0 Å². The van der Waals surface area contributed by atoms with Crippen LogP contribution >= 0.6 is 11.8 Å². The smallest absolute Gasteiger partial charge is 0.00258 e. The van der Waals surface area contributed by atoms with E-state index in [4.69, 9.17) is 0 Å². The predicted molar refractivity (Wildman–Crippen MR) is 74.3 cm³/mol. The van der Waals surface area contributed by atoms with Gasteiger partial charge in [-0.05, 0) is 34.5 Å². The van der Waals surface area contributed by atoms with Crippen molar-refractivity contribution in [3.05, 3.63) is 23.6 Å². The van der Waals surface area contributed by atoms with Crippen molar-refractivity contribution in [3.8, 4) is 0 Å². The number of allylic oxidation sites excluding steroid dienone is 2. The van der Waals surface area contributed by atoms with Crippen molar-refractivity contribution < 1.29 is 0 Å². The number of hydrogen-bond acceptors (Lipinski definition) is 1. The third-order valence-electron chi connectivity index (χ3n) is 2.34. The second-order valence-corrected chi connectivity index (χ2v) is 6.41. The van der Waals surface area contributed by atoms with E-state index >= 15 is 0 Å². The maximum Gasteiger partial charge on any atom is -0.00258 e. The molecule has 0 aliphatic rings. The molecule has 0 atom stereocenters. The van der Waals surface area contributed by atoms with Crippen molar-refractivity contribution in [2.75, 3.05) is 5.75 Å². The lowest BCUT2D eigenvalue weighted by atomic mass is 9.88. The molecular weight excluding hydrogens is 200 g/mol. The van der Waals surface area contributed by atoms with Gasteiger partial charge in [-0.2, -0.15) is 0 Å². The van der Waals surface area contributed by atoms with Crippen molar-refractivity contribution in [1.29, 1.82) is 0 Å². The molecule has 88 valence electrons. The van der Waals surface area contributed by atoms with E-state index in [0.717, 1.165) is 5.92 Å². The van der Waals surface area contributed by atoms with Crippen LogP contribution in [-0.2, 0) is 0 Å². The Hall–Kier alpha value is -0.170.